The minimum atomic E-state index is -0.0798. The van der Waals surface area contributed by atoms with Crippen LogP contribution in [0.25, 0.3) is 0 Å². The summed E-state index contributed by atoms with van der Waals surface area (Å²) in [4.78, 5) is 14.5. The molecule has 0 atom stereocenters. The van der Waals surface area contributed by atoms with Gasteiger partial charge in [-0.2, -0.15) is 0 Å². The number of carbonyl (C=O) groups excluding carboxylic acids is 1. The smallest absolute Gasteiger partial charge is 0.224 e. The lowest BCUT2D eigenvalue weighted by Crippen LogP contribution is -2.34. The van der Waals surface area contributed by atoms with Crippen LogP contribution in [0.5, 0.6) is 5.75 Å². The largest absolute Gasteiger partial charge is 0.493 e. The molecule has 1 amide bonds. The van der Waals surface area contributed by atoms with Gasteiger partial charge in [-0.15, -0.1) is 0 Å². The Kier molecular flexibility index (Phi) is 13.0. The number of carbonyl (C=O) groups is 1. The van der Waals surface area contributed by atoms with E-state index in [2.05, 4.69) is 69.8 Å². The molecular formula is C32H51N2O2+. The summed E-state index contributed by atoms with van der Waals surface area (Å²) in [5, 5.41) is 0. The second kappa shape index (κ2) is 15.7. The van der Waals surface area contributed by atoms with Crippen LogP contribution in [0.4, 0.5) is 5.69 Å². The van der Waals surface area contributed by atoms with Crippen LogP contribution in [0.2, 0.25) is 0 Å². The predicted octanol–water partition coefficient (Wildman–Crippen LogP) is 8.14. The molecule has 1 heterocycles. The van der Waals surface area contributed by atoms with Crippen LogP contribution in [-0.2, 0) is 23.3 Å². The third-order valence-corrected chi connectivity index (χ3v) is 6.84. The highest BCUT2D eigenvalue weighted by atomic mass is 16.5. The first-order valence-corrected chi connectivity index (χ1v) is 14.3. The number of anilines is 1. The number of pyridine rings is 1. The first-order chi connectivity index (χ1) is 17.3. The van der Waals surface area contributed by atoms with Crippen molar-refractivity contribution in [3.05, 3.63) is 53.9 Å². The zero-order chi connectivity index (χ0) is 26.4. The van der Waals surface area contributed by atoms with Gasteiger partial charge in [-0.05, 0) is 43.0 Å². The summed E-state index contributed by atoms with van der Waals surface area (Å²) >= 11 is 0. The molecule has 0 unspecified atom stereocenters. The van der Waals surface area contributed by atoms with Crippen LogP contribution in [-0.4, -0.2) is 12.5 Å². The van der Waals surface area contributed by atoms with Crippen molar-refractivity contribution in [2.45, 2.75) is 124 Å². The van der Waals surface area contributed by atoms with Crippen molar-refractivity contribution < 1.29 is 14.1 Å². The minimum absolute atomic E-state index is 0.0424. The Labute approximate surface area is 221 Å². The van der Waals surface area contributed by atoms with Crippen molar-refractivity contribution in [2.24, 2.45) is 0 Å². The number of amides is 1. The third kappa shape index (κ3) is 10.3. The van der Waals surface area contributed by atoms with Gasteiger partial charge in [0.25, 0.3) is 0 Å². The van der Waals surface area contributed by atoms with E-state index in [1.165, 1.54) is 57.8 Å². The van der Waals surface area contributed by atoms with E-state index in [-0.39, 0.29) is 11.3 Å². The second-order valence-electron chi connectivity index (χ2n) is 11.1. The first kappa shape index (κ1) is 29.9. The Morgan fingerprint density at radius 1 is 0.917 bits per heavy atom. The van der Waals surface area contributed by atoms with Gasteiger partial charge in [0.1, 0.15) is 12.3 Å². The molecule has 0 bridgehead atoms. The maximum Gasteiger partial charge on any atom is 0.224 e. The zero-order valence-corrected chi connectivity index (χ0v) is 23.9. The van der Waals surface area contributed by atoms with E-state index in [0.717, 1.165) is 42.1 Å². The van der Waals surface area contributed by atoms with Crippen LogP contribution in [0.1, 0.15) is 117 Å². The first-order valence-electron chi connectivity index (χ1n) is 14.3. The molecule has 0 aliphatic rings. The number of hydrogen-bond donors (Lipinski definition) is 0. The van der Waals surface area contributed by atoms with Gasteiger partial charge in [-0.3, -0.25) is 4.79 Å². The van der Waals surface area contributed by atoms with Gasteiger partial charge in [-0.1, -0.05) is 85.5 Å². The van der Waals surface area contributed by atoms with Crippen molar-refractivity contribution in [1.29, 1.82) is 0 Å². The number of aromatic nitrogens is 1. The molecule has 0 spiro atoms. The van der Waals surface area contributed by atoms with Crippen LogP contribution in [0.3, 0.4) is 0 Å². The number of benzene rings is 1. The third-order valence-electron chi connectivity index (χ3n) is 6.84. The summed E-state index contributed by atoms with van der Waals surface area (Å²) in [6.07, 6.45) is 17.4. The topological polar surface area (TPSA) is 33.4 Å². The van der Waals surface area contributed by atoms with Gasteiger partial charge in [0, 0.05) is 29.8 Å². The van der Waals surface area contributed by atoms with Crippen molar-refractivity contribution in [2.75, 3.05) is 11.5 Å². The number of unbranched alkanes of at least 4 members (excludes halogenated alkanes) is 9. The maximum atomic E-state index is 12.6. The highest BCUT2D eigenvalue weighted by Gasteiger charge is 2.22. The molecule has 2 rings (SSSR count). The van der Waals surface area contributed by atoms with Gasteiger partial charge >= 0.3 is 0 Å². The fraction of sp³-hybridized carbons (Fsp3) is 0.625. The quantitative estimate of drug-likeness (QED) is 0.174. The predicted molar refractivity (Wildman–Crippen MR) is 152 cm³/mol. The summed E-state index contributed by atoms with van der Waals surface area (Å²) in [6.45, 7) is 14.9. The van der Waals surface area contributed by atoms with Crippen LogP contribution in [0.15, 0.2) is 42.7 Å². The van der Waals surface area contributed by atoms with Crippen molar-refractivity contribution in [1.82, 2.24) is 0 Å². The lowest BCUT2D eigenvalue weighted by Gasteiger charge is -2.27. The highest BCUT2D eigenvalue weighted by Crippen LogP contribution is 2.35. The standard InChI is InChI=1S/C32H51N2O2/c1-7-9-10-11-12-13-14-15-16-17-23-36-31-21-20-29(24-30(31)32(4,5)6)34(27(3)35)26-28-19-18-22-33(8-2)25-28/h18-22,24-25H,7-17,23,26H2,1-6H3/q+1. The van der Waals surface area contributed by atoms with Crippen molar-refractivity contribution >= 4 is 11.6 Å². The van der Waals surface area contributed by atoms with Gasteiger partial charge in [0.2, 0.25) is 5.91 Å². The molecule has 2 aromatic rings. The number of ether oxygens (including phenoxy) is 1. The average Bonchev–Trinajstić information content (AvgIpc) is 2.85. The molecule has 0 fully saturated rings. The molecule has 4 heteroatoms. The van der Waals surface area contributed by atoms with Gasteiger partial charge in [0.15, 0.2) is 12.4 Å². The number of rotatable bonds is 16. The van der Waals surface area contributed by atoms with E-state index in [1.807, 2.05) is 17.0 Å². The molecular weight excluding hydrogens is 444 g/mol. The fourth-order valence-electron chi connectivity index (χ4n) is 4.60. The highest BCUT2D eigenvalue weighted by molar-refractivity contribution is 5.91. The zero-order valence-electron chi connectivity index (χ0n) is 23.9. The lowest BCUT2D eigenvalue weighted by atomic mass is 9.86. The molecule has 0 aliphatic heterocycles. The lowest BCUT2D eigenvalue weighted by molar-refractivity contribution is -0.693. The SMILES string of the molecule is CCCCCCCCCCCCOc1ccc(N(Cc2ccc[n+](CC)c2)C(C)=O)cc1C(C)(C)C. The molecule has 36 heavy (non-hydrogen) atoms. The molecule has 0 N–H and O–H groups in total. The van der Waals surface area contributed by atoms with Gasteiger partial charge in [-0.25, -0.2) is 4.57 Å². The van der Waals surface area contributed by atoms with Gasteiger partial charge < -0.3 is 9.64 Å². The second-order valence-corrected chi connectivity index (χ2v) is 11.1. The number of nitrogens with zero attached hydrogens (tertiary/aromatic N) is 2. The maximum absolute atomic E-state index is 12.6. The fourth-order valence-corrected chi connectivity index (χ4v) is 4.60. The van der Waals surface area contributed by atoms with E-state index < -0.39 is 0 Å². The van der Waals surface area contributed by atoms with E-state index in [0.29, 0.717) is 6.54 Å². The number of aryl methyl sites for hydroxylation is 1. The summed E-state index contributed by atoms with van der Waals surface area (Å²) in [5.74, 6) is 0.981. The van der Waals surface area contributed by atoms with E-state index >= 15 is 0 Å². The molecule has 1 aromatic carbocycles. The summed E-state index contributed by atoms with van der Waals surface area (Å²) in [7, 11) is 0. The van der Waals surface area contributed by atoms with Gasteiger partial charge in [0.05, 0.1) is 13.2 Å². The monoisotopic (exact) mass is 495 g/mol. The van der Waals surface area contributed by atoms with E-state index in [4.69, 9.17) is 4.74 Å². The Morgan fingerprint density at radius 2 is 1.56 bits per heavy atom. The van der Waals surface area contributed by atoms with Crippen molar-refractivity contribution in [3.8, 4) is 5.75 Å². The Balaban J connectivity index is 1.96. The van der Waals surface area contributed by atoms with E-state index in [1.54, 1.807) is 6.92 Å². The molecule has 0 saturated carbocycles. The minimum Gasteiger partial charge on any atom is -0.493 e. The molecule has 0 saturated heterocycles. The summed E-state index contributed by atoms with van der Waals surface area (Å²) in [5.41, 5.74) is 3.11. The van der Waals surface area contributed by atoms with Crippen LogP contribution in [0, 0.1) is 0 Å². The van der Waals surface area contributed by atoms with E-state index in [9.17, 15) is 4.79 Å². The average molecular weight is 496 g/mol. The molecule has 4 nitrogen and oxygen atoms in total. The Bertz CT molecular complexity index is 917. The number of hydrogen-bond acceptors (Lipinski definition) is 2. The normalized spacial score (nSPS) is 11.5. The van der Waals surface area contributed by atoms with Crippen molar-refractivity contribution in [3.63, 3.8) is 0 Å². The molecule has 0 radical (unpaired) electrons. The van der Waals surface area contributed by atoms with Crippen LogP contribution < -0.4 is 14.2 Å². The molecule has 1 aromatic heterocycles. The molecule has 0 aliphatic carbocycles. The van der Waals surface area contributed by atoms with Crippen LogP contribution >= 0.6 is 0 Å². The Morgan fingerprint density at radius 3 is 2.14 bits per heavy atom. The molecule has 200 valence electrons. The summed E-state index contributed by atoms with van der Waals surface area (Å²) in [6, 6.07) is 10.4. The summed E-state index contributed by atoms with van der Waals surface area (Å²) < 4.78 is 8.41. The Hall–Kier alpha value is -2.36.